The quantitative estimate of drug-likeness (QED) is 0.0505. The number of carboxylic acid groups (broad SMARTS) is 1. The standard InChI is InChI=1S/C55H93N7O13S/c1-13-36(6)49(60(10)54(68)47(34(2)3)57-53(67)48(35(4)5)59(8)9)44(73-11)33-46(64)62-28-17-18-43(62)50(74-12)37(7)51(65)56-42(52(66)58-76(71,72)41-24-25-41)32-38-20-22-40(23-21-38)75-31-16-14-15-19-45(63)61-29-26-39(27-30-61)55(69)70/h20-23,34-37,39,41-44,47-50,52,58,66H,13-19,24-33H2,1-12H3,(H,56,65)(H,57,67)(H,69,70)/t36-,37+,42-,43-,44+,47-,48-,49-,50+,52?/m0/s1. The molecule has 5 amide bonds. The van der Waals surface area contributed by atoms with E-state index in [9.17, 15) is 47.4 Å². The van der Waals surface area contributed by atoms with E-state index < -0.39 is 81.7 Å². The lowest BCUT2D eigenvalue weighted by Gasteiger charge is -2.41. The minimum atomic E-state index is -3.86. The second kappa shape index (κ2) is 30.1. The number of nitrogens with one attached hydrogen (secondary N) is 3. The lowest BCUT2D eigenvalue weighted by Crippen LogP contribution is -2.59. The molecule has 76 heavy (non-hydrogen) atoms. The van der Waals surface area contributed by atoms with Crippen LogP contribution in [0.15, 0.2) is 24.3 Å². The van der Waals surface area contributed by atoms with Crippen LogP contribution in [0.25, 0.3) is 0 Å². The van der Waals surface area contributed by atoms with Gasteiger partial charge < -0.3 is 49.8 Å². The number of hydrogen-bond acceptors (Lipinski definition) is 13. The van der Waals surface area contributed by atoms with Gasteiger partial charge in [0.2, 0.25) is 39.6 Å². The van der Waals surface area contributed by atoms with Gasteiger partial charge in [-0.3, -0.25) is 33.7 Å². The van der Waals surface area contributed by atoms with E-state index in [1.807, 2.05) is 60.5 Å². The number of benzene rings is 1. The second-order valence-corrected chi connectivity index (χ2v) is 24.4. The fraction of sp³-hybridized carbons (Fsp3) is 0.782. The van der Waals surface area contributed by atoms with Crippen molar-refractivity contribution in [2.45, 2.75) is 186 Å². The van der Waals surface area contributed by atoms with E-state index in [4.69, 9.17) is 14.2 Å². The van der Waals surface area contributed by atoms with Gasteiger partial charge in [-0.05, 0) is 114 Å². The average molecular weight is 1090 g/mol. The third kappa shape index (κ3) is 18.1. The number of aliphatic hydroxyl groups excluding tert-OH is 1. The molecule has 2 heterocycles. The molecule has 20 nitrogen and oxygen atoms in total. The molecule has 0 bridgehead atoms. The van der Waals surface area contributed by atoms with Crippen molar-refractivity contribution in [3.8, 4) is 5.75 Å². The summed E-state index contributed by atoms with van der Waals surface area (Å²) in [6.45, 7) is 15.2. The first-order chi connectivity index (χ1) is 35.9. The highest BCUT2D eigenvalue weighted by molar-refractivity contribution is 7.90. The molecule has 1 unspecified atom stereocenters. The van der Waals surface area contributed by atoms with E-state index in [-0.39, 0.29) is 60.1 Å². The maximum absolute atomic E-state index is 14.5. The maximum Gasteiger partial charge on any atom is 0.306 e. The molecule has 0 aromatic heterocycles. The average Bonchev–Trinajstić information content (AvgIpc) is 4.14. The number of methoxy groups -OCH3 is 2. The normalized spacial score (nSPS) is 20.1. The number of nitrogens with zero attached hydrogens (tertiary/aromatic N) is 4. The van der Waals surface area contributed by atoms with E-state index in [1.54, 1.807) is 52.9 Å². The molecule has 0 radical (unpaired) electrons. The van der Waals surface area contributed by atoms with Crippen LogP contribution in [0.5, 0.6) is 5.75 Å². The largest absolute Gasteiger partial charge is 0.494 e. The molecule has 1 aliphatic carbocycles. The summed E-state index contributed by atoms with van der Waals surface area (Å²) in [5, 5.41) is 26.0. The third-order valence-corrected chi connectivity index (χ3v) is 17.7. The Bertz CT molecular complexity index is 2140. The molecule has 10 atom stereocenters. The monoisotopic (exact) mass is 1090 g/mol. The first-order valence-corrected chi connectivity index (χ1v) is 29.2. The number of aliphatic hydroxyl groups is 1. The SMILES string of the molecule is CC[C@H](C)[C@@H]([C@@H](CC(=O)N1CCC[C@H]1[C@H](OC)[C@@H](C)C(=O)N[C@@H](Cc1ccc(OCCCCCC(=O)N2CCC(C(=O)O)CC2)cc1)C(O)NS(=O)(=O)C1CC1)OC)N(C)C(=O)[C@@H](NC(=O)[C@H](C(C)C)N(C)C)C(C)C. The maximum atomic E-state index is 14.5. The van der Waals surface area contributed by atoms with Crippen molar-refractivity contribution >= 4 is 45.5 Å². The predicted molar refractivity (Wildman–Crippen MR) is 289 cm³/mol. The molecule has 2 aliphatic heterocycles. The number of carboxylic acids is 1. The Morgan fingerprint density at radius 3 is 1.99 bits per heavy atom. The molecular weight excluding hydrogens is 999 g/mol. The highest BCUT2D eigenvalue weighted by atomic mass is 32.2. The number of sulfonamides is 1. The summed E-state index contributed by atoms with van der Waals surface area (Å²) in [5.41, 5.74) is 0.695. The smallest absolute Gasteiger partial charge is 0.306 e. The van der Waals surface area contributed by atoms with Gasteiger partial charge in [0.1, 0.15) is 18.0 Å². The van der Waals surface area contributed by atoms with Gasteiger partial charge in [0.05, 0.1) is 66.5 Å². The first kappa shape index (κ1) is 64.1. The van der Waals surface area contributed by atoms with Crippen LogP contribution in [0.2, 0.25) is 0 Å². The van der Waals surface area contributed by atoms with E-state index in [2.05, 4.69) is 15.4 Å². The van der Waals surface area contributed by atoms with Gasteiger partial charge in [-0.2, -0.15) is 4.72 Å². The lowest BCUT2D eigenvalue weighted by atomic mass is 9.89. The molecule has 432 valence electrons. The highest BCUT2D eigenvalue weighted by Crippen LogP contribution is 2.31. The van der Waals surface area contributed by atoms with Crippen molar-refractivity contribution in [2.75, 3.05) is 61.6 Å². The minimum absolute atomic E-state index is 0.00430. The van der Waals surface area contributed by atoms with Crippen LogP contribution in [0, 0.1) is 29.6 Å². The van der Waals surface area contributed by atoms with Gasteiger partial charge in [0.25, 0.3) is 0 Å². The molecule has 21 heteroatoms. The van der Waals surface area contributed by atoms with Crippen molar-refractivity contribution < 1.29 is 61.6 Å². The summed E-state index contributed by atoms with van der Waals surface area (Å²) < 4.78 is 46.5. The minimum Gasteiger partial charge on any atom is -0.494 e. The molecule has 5 N–H and O–H groups in total. The number of likely N-dealkylation sites (tertiary alicyclic amines) is 2. The van der Waals surface area contributed by atoms with Crippen LogP contribution < -0.4 is 20.1 Å². The van der Waals surface area contributed by atoms with Gasteiger partial charge in [-0.15, -0.1) is 0 Å². The van der Waals surface area contributed by atoms with Crippen molar-refractivity contribution in [3.63, 3.8) is 0 Å². The number of carbonyl (C=O) groups excluding carboxylic acids is 5. The molecule has 4 rings (SSSR count). The van der Waals surface area contributed by atoms with E-state index in [1.165, 1.54) is 14.2 Å². The zero-order chi connectivity index (χ0) is 56.6. The zero-order valence-corrected chi connectivity index (χ0v) is 48.3. The van der Waals surface area contributed by atoms with Crippen molar-refractivity contribution in [3.05, 3.63) is 29.8 Å². The number of likely N-dealkylation sites (N-methyl/N-ethyl adjacent to an activating group) is 2. The molecule has 1 saturated carbocycles. The van der Waals surface area contributed by atoms with Gasteiger partial charge in [-0.25, -0.2) is 8.42 Å². The molecule has 3 fully saturated rings. The van der Waals surface area contributed by atoms with Crippen molar-refractivity contribution in [2.24, 2.45) is 29.6 Å². The van der Waals surface area contributed by atoms with Crippen molar-refractivity contribution in [1.29, 1.82) is 0 Å². The number of amides is 5. The Balaban J connectivity index is 1.41. The van der Waals surface area contributed by atoms with Crippen molar-refractivity contribution in [1.82, 2.24) is 35.0 Å². The summed E-state index contributed by atoms with van der Waals surface area (Å²) in [6, 6.07) is 3.71. The Hall–Kier alpha value is -4.41. The van der Waals surface area contributed by atoms with Crippen LogP contribution >= 0.6 is 0 Å². The van der Waals surface area contributed by atoms with Gasteiger partial charge in [0.15, 0.2) is 0 Å². The Morgan fingerprint density at radius 2 is 1.45 bits per heavy atom. The van der Waals surface area contributed by atoms with Crippen LogP contribution in [0.1, 0.15) is 131 Å². The van der Waals surface area contributed by atoms with E-state index >= 15 is 0 Å². The lowest BCUT2D eigenvalue weighted by molar-refractivity contribution is -0.148. The fourth-order valence-electron chi connectivity index (χ4n) is 10.9. The highest BCUT2D eigenvalue weighted by Gasteiger charge is 2.44. The summed E-state index contributed by atoms with van der Waals surface area (Å²) in [5.74, 6) is -2.98. The first-order valence-electron chi connectivity index (χ1n) is 27.7. The molecule has 0 spiro atoms. The summed E-state index contributed by atoms with van der Waals surface area (Å²) in [6.07, 6.45) is 3.21. The molecule has 2 saturated heterocycles. The number of piperidine rings is 1. The second-order valence-electron chi connectivity index (χ2n) is 22.4. The number of aliphatic carboxylic acids is 1. The van der Waals surface area contributed by atoms with E-state index in [0.29, 0.717) is 95.3 Å². The Labute approximate surface area is 453 Å². The summed E-state index contributed by atoms with van der Waals surface area (Å²) >= 11 is 0. The number of ether oxygens (including phenoxy) is 3. The number of unbranched alkanes of at least 4 members (excludes halogenated alkanes) is 2. The molecule has 1 aromatic carbocycles. The third-order valence-electron chi connectivity index (χ3n) is 15.8. The van der Waals surface area contributed by atoms with Gasteiger partial charge in [0, 0.05) is 47.3 Å². The van der Waals surface area contributed by atoms with Gasteiger partial charge >= 0.3 is 5.97 Å². The molecule has 1 aromatic rings. The zero-order valence-electron chi connectivity index (χ0n) is 47.5. The predicted octanol–water partition coefficient (Wildman–Crippen LogP) is 4.02. The van der Waals surface area contributed by atoms with Crippen LogP contribution in [-0.2, 0) is 54.7 Å². The Kier molecular flexibility index (Phi) is 25.4. The van der Waals surface area contributed by atoms with E-state index in [0.717, 1.165) is 12.8 Å². The molecule has 3 aliphatic rings. The van der Waals surface area contributed by atoms with Crippen LogP contribution in [-0.4, -0.2) is 189 Å². The van der Waals surface area contributed by atoms with Gasteiger partial charge in [-0.1, -0.05) is 67.0 Å². The number of hydrogen-bond donors (Lipinski definition) is 5. The van der Waals surface area contributed by atoms with Crippen LogP contribution in [0.3, 0.4) is 0 Å². The number of carbonyl (C=O) groups is 6. The fourth-order valence-corrected chi connectivity index (χ4v) is 12.4. The number of rotatable bonds is 32. The summed E-state index contributed by atoms with van der Waals surface area (Å²) in [7, 11) is 4.52. The Morgan fingerprint density at radius 1 is 0.803 bits per heavy atom. The topological polar surface area (TPSA) is 254 Å². The molecular formula is C55H93N7O13S. The van der Waals surface area contributed by atoms with Crippen LogP contribution in [0.4, 0.5) is 0 Å². The summed E-state index contributed by atoms with van der Waals surface area (Å²) in [4.78, 5) is 87.6.